The van der Waals surface area contributed by atoms with Gasteiger partial charge in [0, 0.05) is 0 Å². The molecule has 0 aromatic heterocycles. The second-order valence-electron chi connectivity index (χ2n) is 6.75. The first-order valence-electron chi connectivity index (χ1n) is 6.60. The highest BCUT2D eigenvalue weighted by atomic mass is 31.0. The Morgan fingerprint density at radius 3 is 2.05 bits per heavy atom. The van der Waals surface area contributed by atoms with Gasteiger partial charge in [0.05, 0.1) is 0 Å². The third-order valence-electron chi connectivity index (χ3n) is 2.95. The fourth-order valence-electron chi connectivity index (χ4n) is 2.10. The van der Waals surface area contributed by atoms with Crippen LogP contribution in [0.2, 0.25) is 0 Å². The molecule has 0 saturated heterocycles. The molecule has 0 aliphatic heterocycles. The van der Waals surface area contributed by atoms with E-state index in [9.17, 15) is 8.78 Å². The van der Waals surface area contributed by atoms with Crippen molar-refractivity contribution in [3.05, 3.63) is 36.0 Å². The summed E-state index contributed by atoms with van der Waals surface area (Å²) in [5, 5.41) is 0.0501. The molecule has 0 radical (unpaired) electrons. The van der Waals surface area contributed by atoms with E-state index in [1.807, 2.05) is 19.1 Å². The Bertz CT molecular complexity index is 365. The highest BCUT2D eigenvalue weighted by molar-refractivity contribution is 7.18. The van der Waals surface area contributed by atoms with Crippen molar-refractivity contribution in [2.45, 2.75) is 53.1 Å². The molecule has 0 N–H and O–H groups in total. The minimum atomic E-state index is -0.830. The molecule has 0 nitrogen and oxygen atoms in total. The maximum atomic E-state index is 13.3. The van der Waals surface area contributed by atoms with E-state index >= 15 is 0 Å². The zero-order chi connectivity index (χ0) is 15.3. The van der Waals surface area contributed by atoms with Crippen LogP contribution in [-0.4, -0.2) is 5.16 Å². The molecule has 0 bridgehead atoms. The van der Waals surface area contributed by atoms with Gasteiger partial charge in [0.1, 0.15) is 6.33 Å². The fraction of sp³-hybridized carbons (Fsp3) is 0.625. The molecule has 0 saturated carbocycles. The molecule has 0 fully saturated rings. The number of hydrogen-bond acceptors (Lipinski definition) is 0. The van der Waals surface area contributed by atoms with Crippen LogP contribution in [0.25, 0.3) is 0 Å². The smallest absolute Gasteiger partial charge is 0.151 e. The maximum Gasteiger partial charge on any atom is 0.151 e. The van der Waals surface area contributed by atoms with Crippen molar-refractivity contribution in [1.82, 2.24) is 0 Å². The van der Waals surface area contributed by atoms with Gasteiger partial charge in [-0.05, 0) is 41.5 Å². The minimum absolute atomic E-state index is 0.00899. The average Bonchev–Trinajstić information content (AvgIpc) is 2.22. The first kappa shape index (κ1) is 18.5. The predicted molar refractivity (Wildman–Crippen MR) is 84.5 cm³/mol. The molecule has 0 aliphatic carbocycles. The van der Waals surface area contributed by atoms with Gasteiger partial charge >= 0.3 is 0 Å². The summed E-state index contributed by atoms with van der Waals surface area (Å²) in [6.07, 6.45) is 5.93. The van der Waals surface area contributed by atoms with Crippen LogP contribution < -0.4 is 0 Å². The molecule has 2 atom stereocenters. The molecule has 0 spiro atoms. The molecule has 0 amide bonds. The van der Waals surface area contributed by atoms with Crippen LogP contribution in [0.1, 0.15) is 48.0 Å². The number of rotatable bonds is 5. The average molecular weight is 288 g/mol. The van der Waals surface area contributed by atoms with E-state index in [1.165, 1.54) is 6.08 Å². The highest BCUT2D eigenvalue weighted by Crippen LogP contribution is 2.41. The van der Waals surface area contributed by atoms with Gasteiger partial charge in [-0.25, -0.2) is 8.78 Å². The summed E-state index contributed by atoms with van der Waals surface area (Å²) in [5.74, 6) is -0.675. The number of halogens is 2. The van der Waals surface area contributed by atoms with E-state index in [0.29, 0.717) is 0 Å². The van der Waals surface area contributed by atoms with Crippen LogP contribution >= 0.6 is 9.24 Å². The van der Waals surface area contributed by atoms with E-state index in [1.54, 1.807) is 0 Å². The topological polar surface area (TPSA) is 0 Å². The van der Waals surface area contributed by atoms with Gasteiger partial charge in [-0.15, -0.1) is 9.24 Å². The third kappa shape index (κ3) is 7.62. The summed E-state index contributed by atoms with van der Waals surface area (Å²) in [7, 11) is 2.82. The lowest BCUT2D eigenvalue weighted by Gasteiger charge is -2.36. The third-order valence-corrected chi connectivity index (χ3v) is 3.18. The van der Waals surface area contributed by atoms with Crippen molar-refractivity contribution in [2.75, 3.05) is 0 Å². The van der Waals surface area contributed by atoms with Crippen molar-refractivity contribution >= 4 is 9.24 Å². The molecular weight excluding hydrogens is 261 g/mol. The van der Waals surface area contributed by atoms with E-state index in [-0.39, 0.29) is 22.8 Å². The van der Waals surface area contributed by atoms with E-state index in [4.69, 9.17) is 0 Å². The number of allylic oxidation sites excluding steroid dienone is 5. The van der Waals surface area contributed by atoms with E-state index < -0.39 is 5.83 Å². The summed E-state index contributed by atoms with van der Waals surface area (Å²) in [4.78, 5) is 0. The fourth-order valence-corrected chi connectivity index (χ4v) is 2.33. The zero-order valence-corrected chi connectivity index (χ0v) is 14.1. The van der Waals surface area contributed by atoms with Crippen LogP contribution in [0.4, 0.5) is 8.78 Å². The quantitative estimate of drug-likeness (QED) is 0.431. The molecule has 3 heteroatoms. The Hall–Kier alpha value is -0.490. The zero-order valence-electron chi connectivity index (χ0n) is 12.9. The van der Waals surface area contributed by atoms with Crippen LogP contribution in [-0.2, 0) is 0 Å². The van der Waals surface area contributed by atoms with Gasteiger partial charge in [0.15, 0.2) is 5.83 Å². The van der Waals surface area contributed by atoms with Crippen molar-refractivity contribution in [1.29, 1.82) is 0 Å². The minimum Gasteiger partial charge on any atom is -0.212 e. The maximum absolute atomic E-state index is 13.3. The van der Waals surface area contributed by atoms with Crippen LogP contribution in [0, 0.1) is 11.3 Å². The molecule has 110 valence electrons. The number of hydrogen-bond donors (Lipinski definition) is 0. The Morgan fingerprint density at radius 1 is 1.21 bits per heavy atom. The molecule has 2 unspecified atom stereocenters. The molecule has 0 aromatic carbocycles. The summed E-state index contributed by atoms with van der Waals surface area (Å²) in [6, 6.07) is 0. The van der Waals surface area contributed by atoms with Gasteiger partial charge in [-0.1, -0.05) is 46.8 Å². The lowest BCUT2D eigenvalue weighted by molar-refractivity contribution is 0.252. The van der Waals surface area contributed by atoms with Gasteiger partial charge in [0.25, 0.3) is 0 Å². The molecule has 19 heavy (non-hydrogen) atoms. The second kappa shape index (κ2) is 7.33. The summed E-state index contributed by atoms with van der Waals surface area (Å²) in [6.45, 7) is 12.5. The van der Waals surface area contributed by atoms with Crippen molar-refractivity contribution in [3.8, 4) is 0 Å². The lowest BCUT2D eigenvalue weighted by Crippen LogP contribution is -2.28. The lowest BCUT2D eigenvalue weighted by atomic mass is 9.71. The van der Waals surface area contributed by atoms with Crippen molar-refractivity contribution in [3.63, 3.8) is 0 Å². The summed E-state index contributed by atoms with van der Waals surface area (Å²) >= 11 is 0. The first-order chi connectivity index (χ1) is 8.51. The predicted octanol–water partition coefficient (Wildman–Crippen LogP) is 5.98. The van der Waals surface area contributed by atoms with Crippen molar-refractivity contribution in [2.24, 2.45) is 11.3 Å². The van der Waals surface area contributed by atoms with Gasteiger partial charge < -0.3 is 0 Å². The summed E-state index contributed by atoms with van der Waals surface area (Å²) < 4.78 is 25.5. The monoisotopic (exact) mass is 288 g/mol. The normalized spacial score (nSPS) is 17.1. The molecule has 0 aromatic rings. The Balaban J connectivity index is 5.59. The van der Waals surface area contributed by atoms with E-state index in [0.717, 1.165) is 12.0 Å². The second-order valence-corrected chi connectivity index (χ2v) is 8.31. The Labute approximate surface area is 119 Å². The molecular formula is C16H27F2P. The standard InChI is InChI=1S/C16H27F2P/c1-7-8-12(9-13(18)11-17)14(15(2,3)4)10-16(5,6)19/h7-9,11,14H,10,19H2,1-6H3/b8-7-,12-9+,13-11-. The van der Waals surface area contributed by atoms with Gasteiger partial charge in [0.2, 0.25) is 0 Å². The Kier molecular flexibility index (Phi) is 7.15. The largest absolute Gasteiger partial charge is 0.212 e. The van der Waals surface area contributed by atoms with Gasteiger partial charge in [-0.3, -0.25) is 0 Å². The van der Waals surface area contributed by atoms with Crippen LogP contribution in [0.15, 0.2) is 36.0 Å². The molecule has 0 heterocycles. The van der Waals surface area contributed by atoms with Gasteiger partial charge in [-0.2, -0.15) is 0 Å². The SMILES string of the molecule is C\C=C/C(=C\C(F)=C\F)C(CC(C)(C)P)C(C)(C)C. The summed E-state index contributed by atoms with van der Waals surface area (Å²) in [5.41, 5.74) is 0.812. The molecule has 0 aliphatic rings. The van der Waals surface area contributed by atoms with Crippen molar-refractivity contribution < 1.29 is 8.78 Å². The van der Waals surface area contributed by atoms with Crippen LogP contribution in [0.3, 0.4) is 0 Å². The highest BCUT2D eigenvalue weighted by Gasteiger charge is 2.31. The molecule has 0 rings (SSSR count). The Morgan fingerprint density at radius 2 is 1.74 bits per heavy atom. The first-order valence-corrected chi connectivity index (χ1v) is 7.18. The van der Waals surface area contributed by atoms with Crippen LogP contribution in [0.5, 0.6) is 0 Å². The van der Waals surface area contributed by atoms with E-state index in [2.05, 4.69) is 43.9 Å².